The molecule has 5 heteroatoms. The molecule has 1 heterocycles. The van der Waals surface area contributed by atoms with Gasteiger partial charge in [-0.15, -0.1) is 0 Å². The fraction of sp³-hybridized carbons (Fsp3) is 0.292. The van der Waals surface area contributed by atoms with Crippen molar-refractivity contribution in [1.82, 2.24) is 15.3 Å². The fourth-order valence-corrected chi connectivity index (χ4v) is 3.21. The number of hydrogen-bond acceptors (Lipinski definition) is 4. The van der Waals surface area contributed by atoms with Crippen LogP contribution in [0.25, 0.3) is 11.4 Å². The van der Waals surface area contributed by atoms with Crippen LogP contribution in [0.15, 0.2) is 66.7 Å². The second kappa shape index (κ2) is 8.43. The summed E-state index contributed by atoms with van der Waals surface area (Å²) in [6.45, 7) is 4.99. The van der Waals surface area contributed by atoms with Gasteiger partial charge in [-0.3, -0.25) is 4.79 Å². The molecule has 0 radical (unpaired) electrons. The molecule has 1 N–H and O–H groups in total. The minimum absolute atomic E-state index is 0.128. The van der Waals surface area contributed by atoms with E-state index in [0.29, 0.717) is 18.1 Å². The molecule has 29 heavy (non-hydrogen) atoms. The van der Waals surface area contributed by atoms with Crippen molar-refractivity contribution in [3.63, 3.8) is 0 Å². The molecule has 5 nitrogen and oxygen atoms in total. The molecule has 2 aromatic carbocycles. The summed E-state index contributed by atoms with van der Waals surface area (Å²) >= 11 is 0. The normalized spacial score (nSPS) is 13.3. The Morgan fingerprint density at radius 1 is 1.03 bits per heavy atom. The van der Waals surface area contributed by atoms with Gasteiger partial charge in [0.15, 0.2) is 5.82 Å². The molecule has 1 fully saturated rings. The number of benzene rings is 2. The molecule has 0 saturated heterocycles. The first kappa shape index (κ1) is 19.1. The Balaban J connectivity index is 1.74. The molecule has 1 aliphatic rings. The summed E-state index contributed by atoms with van der Waals surface area (Å²) in [5.74, 6) is 1.21. The lowest BCUT2D eigenvalue weighted by Gasteiger charge is -2.28. The largest absolute Gasteiger partial charge is 0.350 e. The van der Waals surface area contributed by atoms with Gasteiger partial charge in [-0.2, -0.15) is 0 Å². The second-order valence-electron chi connectivity index (χ2n) is 7.76. The molecule has 148 valence electrons. The van der Waals surface area contributed by atoms with Gasteiger partial charge in [-0.25, -0.2) is 9.97 Å². The highest BCUT2D eigenvalue weighted by atomic mass is 16.2. The van der Waals surface area contributed by atoms with Crippen molar-refractivity contribution in [3.05, 3.63) is 78.0 Å². The Hall–Kier alpha value is -3.21. The van der Waals surface area contributed by atoms with Crippen molar-refractivity contribution in [2.75, 3.05) is 4.90 Å². The van der Waals surface area contributed by atoms with Crippen molar-refractivity contribution in [3.8, 4) is 11.4 Å². The lowest BCUT2D eigenvalue weighted by Crippen LogP contribution is -2.32. The van der Waals surface area contributed by atoms with Gasteiger partial charge in [0.1, 0.15) is 11.5 Å². The van der Waals surface area contributed by atoms with Crippen LogP contribution in [0.3, 0.4) is 0 Å². The van der Waals surface area contributed by atoms with Crippen LogP contribution in [0, 0.1) is 0 Å². The molecule has 0 unspecified atom stereocenters. The van der Waals surface area contributed by atoms with Crippen LogP contribution < -0.4 is 10.2 Å². The third-order valence-corrected chi connectivity index (χ3v) is 5.00. The van der Waals surface area contributed by atoms with Gasteiger partial charge >= 0.3 is 0 Å². The van der Waals surface area contributed by atoms with E-state index >= 15 is 0 Å². The molecule has 1 aromatic heterocycles. The number of carbonyl (C=O) groups is 1. The number of nitrogens with zero attached hydrogens (tertiary/aromatic N) is 3. The Morgan fingerprint density at radius 2 is 1.69 bits per heavy atom. The summed E-state index contributed by atoms with van der Waals surface area (Å²) in [5, 5.41) is 3.05. The molecule has 3 aromatic rings. The van der Waals surface area contributed by atoms with E-state index in [1.807, 2.05) is 54.6 Å². The van der Waals surface area contributed by atoms with Crippen LogP contribution in [0.2, 0.25) is 0 Å². The zero-order valence-electron chi connectivity index (χ0n) is 16.9. The van der Waals surface area contributed by atoms with Gasteiger partial charge in [-0.05, 0) is 32.3 Å². The van der Waals surface area contributed by atoms with Crippen LogP contribution in [0.5, 0.6) is 0 Å². The molecule has 0 spiro atoms. The lowest BCUT2D eigenvalue weighted by atomic mass is 10.1. The number of amides is 1. The van der Waals surface area contributed by atoms with Crippen molar-refractivity contribution < 1.29 is 4.79 Å². The summed E-state index contributed by atoms with van der Waals surface area (Å²) in [5.41, 5.74) is 2.52. The minimum atomic E-state index is -0.128. The van der Waals surface area contributed by atoms with Gasteiger partial charge in [-0.1, -0.05) is 60.7 Å². The van der Waals surface area contributed by atoms with Gasteiger partial charge < -0.3 is 10.2 Å². The van der Waals surface area contributed by atoms with Crippen molar-refractivity contribution in [1.29, 1.82) is 0 Å². The molecular weight excluding hydrogens is 360 g/mol. The molecule has 0 aliphatic heterocycles. The molecule has 0 bridgehead atoms. The maximum Gasteiger partial charge on any atom is 0.270 e. The quantitative estimate of drug-likeness (QED) is 0.652. The van der Waals surface area contributed by atoms with E-state index in [0.717, 1.165) is 24.2 Å². The van der Waals surface area contributed by atoms with Crippen LogP contribution in [-0.4, -0.2) is 28.0 Å². The molecule has 4 rings (SSSR count). The highest BCUT2D eigenvalue weighted by Crippen LogP contribution is 2.24. The third-order valence-electron chi connectivity index (χ3n) is 5.00. The van der Waals surface area contributed by atoms with E-state index in [1.54, 1.807) is 0 Å². The second-order valence-corrected chi connectivity index (χ2v) is 7.76. The number of carbonyl (C=O) groups excluding carboxylic acids is 1. The number of hydrogen-bond donors (Lipinski definition) is 1. The van der Waals surface area contributed by atoms with E-state index in [-0.39, 0.29) is 18.0 Å². The Labute approximate surface area is 171 Å². The Morgan fingerprint density at radius 3 is 2.31 bits per heavy atom. The van der Waals surface area contributed by atoms with E-state index in [9.17, 15) is 4.79 Å². The van der Waals surface area contributed by atoms with E-state index < -0.39 is 0 Å². The SMILES string of the molecule is CC(C)N(Cc1ccccc1)c1cc(C(=O)NC2CC2)nc(-c2ccccc2)n1. The van der Waals surface area contributed by atoms with Crippen LogP contribution in [-0.2, 0) is 6.54 Å². The van der Waals surface area contributed by atoms with Crippen molar-refractivity contribution in [2.24, 2.45) is 0 Å². The minimum Gasteiger partial charge on any atom is -0.350 e. The highest BCUT2D eigenvalue weighted by Gasteiger charge is 2.26. The van der Waals surface area contributed by atoms with Gasteiger partial charge in [0.2, 0.25) is 0 Å². The predicted octanol–water partition coefficient (Wildman–Crippen LogP) is 4.45. The standard InChI is InChI=1S/C24H26N4O/c1-17(2)28(16-18-9-5-3-6-10-18)22-15-21(24(29)25-20-13-14-20)26-23(27-22)19-11-7-4-8-12-19/h3-12,15,17,20H,13-14,16H2,1-2H3,(H,25,29). The van der Waals surface area contributed by atoms with Crippen molar-refractivity contribution in [2.45, 2.75) is 45.3 Å². The molecular formula is C24H26N4O. The highest BCUT2D eigenvalue weighted by molar-refractivity contribution is 5.93. The maximum atomic E-state index is 12.8. The number of anilines is 1. The number of nitrogens with one attached hydrogen (secondary N) is 1. The van der Waals surface area contributed by atoms with Crippen LogP contribution in [0.4, 0.5) is 5.82 Å². The summed E-state index contributed by atoms with van der Waals surface area (Å²) in [4.78, 5) is 24.4. The zero-order valence-corrected chi connectivity index (χ0v) is 16.9. The Kier molecular flexibility index (Phi) is 5.56. The lowest BCUT2D eigenvalue weighted by molar-refractivity contribution is 0.0946. The topological polar surface area (TPSA) is 58.1 Å². The molecule has 1 amide bonds. The average Bonchev–Trinajstić information content (AvgIpc) is 3.57. The van der Waals surface area contributed by atoms with E-state index in [1.165, 1.54) is 5.56 Å². The monoisotopic (exact) mass is 386 g/mol. The van der Waals surface area contributed by atoms with Gasteiger partial charge in [0.05, 0.1) is 0 Å². The van der Waals surface area contributed by atoms with Gasteiger partial charge in [0.25, 0.3) is 5.91 Å². The average molecular weight is 386 g/mol. The zero-order chi connectivity index (χ0) is 20.2. The predicted molar refractivity (Wildman–Crippen MR) is 116 cm³/mol. The first-order valence-electron chi connectivity index (χ1n) is 10.2. The van der Waals surface area contributed by atoms with E-state index in [4.69, 9.17) is 4.98 Å². The summed E-state index contributed by atoms with van der Waals surface area (Å²) < 4.78 is 0. The number of rotatable bonds is 7. The van der Waals surface area contributed by atoms with Crippen LogP contribution in [0.1, 0.15) is 42.7 Å². The third kappa shape index (κ3) is 4.80. The smallest absolute Gasteiger partial charge is 0.270 e. The van der Waals surface area contributed by atoms with Crippen molar-refractivity contribution >= 4 is 11.7 Å². The van der Waals surface area contributed by atoms with Gasteiger partial charge in [0, 0.05) is 30.3 Å². The first-order chi connectivity index (χ1) is 14.1. The maximum absolute atomic E-state index is 12.8. The Bertz CT molecular complexity index is 969. The first-order valence-corrected chi connectivity index (χ1v) is 10.2. The fourth-order valence-electron chi connectivity index (χ4n) is 3.21. The summed E-state index contributed by atoms with van der Waals surface area (Å²) in [7, 11) is 0. The molecule has 1 saturated carbocycles. The molecule has 1 aliphatic carbocycles. The number of aromatic nitrogens is 2. The summed E-state index contributed by atoms with van der Waals surface area (Å²) in [6.07, 6.45) is 2.09. The summed E-state index contributed by atoms with van der Waals surface area (Å²) in [6, 6.07) is 22.4. The molecule has 0 atom stereocenters. The van der Waals surface area contributed by atoms with E-state index in [2.05, 4.69) is 41.2 Å². The van der Waals surface area contributed by atoms with Crippen LogP contribution >= 0.6 is 0 Å².